The fraction of sp³-hybridized carbons (Fsp3) is 0.220. The smallest absolute Gasteiger partial charge is 0.336 e. The summed E-state index contributed by atoms with van der Waals surface area (Å²) in [6, 6.07) is 30.4. The Hall–Kier alpha value is -5.96. The molecule has 0 N–H and O–H groups in total. The van der Waals surface area contributed by atoms with Gasteiger partial charge in [0.15, 0.2) is 5.78 Å². The fourth-order valence-corrected chi connectivity index (χ4v) is 6.38. The lowest BCUT2D eigenvalue weighted by Gasteiger charge is -2.12. The number of hydrogen-bond donors (Lipinski definition) is 0. The van der Waals surface area contributed by atoms with Crippen molar-refractivity contribution in [3.8, 4) is 6.07 Å². The second-order valence-electron chi connectivity index (χ2n) is 12.0. The van der Waals surface area contributed by atoms with Crippen LogP contribution < -0.4 is 0 Å². The van der Waals surface area contributed by atoms with Gasteiger partial charge in [0.1, 0.15) is 12.7 Å². The van der Waals surface area contributed by atoms with Crippen LogP contribution in [0.1, 0.15) is 43.7 Å². The highest BCUT2D eigenvalue weighted by molar-refractivity contribution is 6.11. The van der Waals surface area contributed by atoms with Gasteiger partial charge in [-0.25, -0.2) is 4.85 Å². The number of ketones is 1. The molecule has 0 aliphatic rings. The Bertz CT molecular complexity index is 2360. The number of nitriles is 1. The topological polar surface area (TPSA) is 90.6 Å². The first-order valence-electron chi connectivity index (χ1n) is 16.3. The van der Waals surface area contributed by atoms with E-state index in [0.717, 1.165) is 87.0 Å². The summed E-state index contributed by atoms with van der Waals surface area (Å²) < 4.78 is 15.0. The van der Waals surface area contributed by atoms with Crippen LogP contribution in [-0.2, 0) is 25.7 Å². The van der Waals surface area contributed by atoms with Crippen LogP contribution in [-0.4, -0.2) is 41.2 Å². The van der Waals surface area contributed by atoms with E-state index in [1.165, 1.54) is 6.92 Å². The first-order chi connectivity index (χ1) is 23.9. The molecule has 0 spiro atoms. The number of fused-ring (bicyclic) bond motifs is 6. The summed E-state index contributed by atoms with van der Waals surface area (Å²) >= 11 is 0. The number of esters is 1. The number of methoxy groups -OCH3 is 1. The van der Waals surface area contributed by atoms with Crippen LogP contribution in [0.25, 0.3) is 60.6 Å². The third-order valence-corrected chi connectivity index (χ3v) is 8.80. The molecular weight excluding hydrogens is 612 g/mol. The summed E-state index contributed by atoms with van der Waals surface area (Å²) in [5, 5.41) is 13.6. The largest absolute Gasteiger partial charge is 0.471 e. The lowest BCUT2D eigenvalue weighted by molar-refractivity contribution is -0.138. The van der Waals surface area contributed by atoms with E-state index in [9.17, 15) is 14.9 Å². The van der Waals surface area contributed by atoms with E-state index < -0.39 is 5.97 Å². The molecule has 0 saturated heterocycles. The Kier molecular flexibility index (Phi) is 9.99. The standard InChI is InChI=1S/C41H36N4O4/c1-28(46)31(26-42)22-29-16-18-39-34(23-29)32-12-6-8-14-37(32)44(39)27-45-38-15-9-7-13-33(38)35-24-30(17-19-40(35)45)25-36(43-2)41(47)49-21-11-5-4-10-20-48-3/h6-9,12-19,22-25H,4-5,10-11,20-21,27H2,1,3H3/b31-22+,36-25-. The van der Waals surface area contributed by atoms with Crippen LogP contribution in [0.5, 0.6) is 0 Å². The monoisotopic (exact) mass is 648 g/mol. The zero-order chi connectivity index (χ0) is 34.3. The summed E-state index contributed by atoms with van der Waals surface area (Å²) in [5.41, 5.74) is 5.77. The van der Waals surface area contributed by atoms with Crippen molar-refractivity contribution in [2.75, 3.05) is 20.3 Å². The Morgan fingerprint density at radius 1 is 0.755 bits per heavy atom. The molecule has 0 aliphatic heterocycles. The minimum absolute atomic E-state index is 0.0489. The Balaban J connectivity index is 1.35. The van der Waals surface area contributed by atoms with Crippen LogP contribution in [0.15, 0.2) is 96.2 Å². The predicted molar refractivity (Wildman–Crippen MR) is 194 cm³/mol. The van der Waals surface area contributed by atoms with Crippen LogP contribution in [0.3, 0.4) is 0 Å². The Morgan fingerprint density at radius 2 is 1.29 bits per heavy atom. The molecule has 0 bridgehead atoms. The quantitative estimate of drug-likeness (QED) is 0.0410. The third-order valence-electron chi connectivity index (χ3n) is 8.80. The van der Waals surface area contributed by atoms with Crippen LogP contribution >= 0.6 is 0 Å². The maximum atomic E-state index is 12.7. The van der Waals surface area contributed by atoms with Gasteiger partial charge in [0.2, 0.25) is 0 Å². The number of allylic oxidation sites excluding steroid dienone is 1. The lowest BCUT2D eigenvalue weighted by atomic mass is 10.1. The molecule has 0 atom stereocenters. The average Bonchev–Trinajstić information content (AvgIpc) is 3.60. The molecule has 49 heavy (non-hydrogen) atoms. The molecule has 2 heterocycles. The first-order valence-corrected chi connectivity index (χ1v) is 16.3. The Morgan fingerprint density at radius 3 is 1.82 bits per heavy atom. The van der Waals surface area contributed by atoms with E-state index in [4.69, 9.17) is 16.0 Å². The van der Waals surface area contributed by atoms with Gasteiger partial charge in [-0.15, -0.1) is 0 Å². The van der Waals surface area contributed by atoms with Gasteiger partial charge in [0.05, 0.1) is 40.8 Å². The van der Waals surface area contributed by atoms with Gasteiger partial charge in [-0.05, 0) is 85.9 Å². The number of benzene rings is 4. The van der Waals surface area contributed by atoms with Gasteiger partial charge in [0, 0.05) is 35.3 Å². The number of ether oxygens (including phenoxy) is 2. The molecular formula is C41H36N4O4. The second kappa shape index (κ2) is 14.9. The maximum Gasteiger partial charge on any atom is 0.336 e. The molecule has 2 aromatic heterocycles. The minimum atomic E-state index is -0.607. The molecule has 8 nitrogen and oxygen atoms in total. The van der Waals surface area contributed by atoms with Crippen LogP contribution in [0.4, 0.5) is 0 Å². The fourth-order valence-electron chi connectivity index (χ4n) is 6.38. The molecule has 0 fully saturated rings. The van der Waals surface area contributed by atoms with Crippen LogP contribution in [0, 0.1) is 17.9 Å². The highest BCUT2D eigenvalue weighted by Gasteiger charge is 2.17. The van der Waals surface area contributed by atoms with E-state index in [0.29, 0.717) is 6.67 Å². The summed E-state index contributed by atoms with van der Waals surface area (Å²) in [7, 11) is 1.69. The van der Waals surface area contributed by atoms with Crippen molar-refractivity contribution < 1.29 is 19.1 Å². The van der Waals surface area contributed by atoms with Gasteiger partial charge in [0.25, 0.3) is 5.70 Å². The number of aromatic nitrogens is 2. The van der Waals surface area contributed by atoms with Crippen molar-refractivity contribution >= 4 is 67.5 Å². The molecule has 0 saturated carbocycles. The molecule has 0 unspecified atom stereocenters. The maximum absolute atomic E-state index is 12.7. The summed E-state index contributed by atoms with van der Waals surface area (Å²) in [5.74, 6) is -0.870. The molecule has 6 rings (SSSR count). The van der Waals surface area contributed by atoms with E-state index in [1.807, 2.05) is 66.7 Å². The van der Waals surface area contributed by atoms with Crippen molar-refractivity contribution in [3.05, 3.63) is 119 Å². The molecule has 244 valence electrons. The van der Waals surface area contributed by atoms with E-state index in [2.05, 4.69) is 38.2 Å². The van der Waals surface area contributed by atoms with Gasteiger partial charge in [-0.1, -0.05) is 55.0 Å². The third kappa shape index (κ3) is 6.87. The normalized spacial score (nSPS) is 12.1. The van der Waals surface area contributed by atoms with Crippen molar-refractivity contribution in [2.45, 2.75) is 39.3 Å². The number of carbonyl (C=O) groups excluding carboxylic acids is 2. The minimum Gasteiger partial charge on any atom is -0.471 e. The molecule has 6 aromatic rings. The zero-order valence-electron chi connectivity index (χ0n) is 27.6. The van der Waals surface area contributed by atoms with Crippen molar-refractivity contribution in [1.82, 2.24) is 9.13 Å². The molecule has 0 radical (unpaired) electrons. The summed E-state index contributed by atoms with van der Waals surface area (Å²) in [4.78, 5) is 28.1. The van der Waals surface area contributed by atoms with Gasteiger partial charge >= 0.3 is 5.97 Å². The van der Waals surface area contributed by atoms with Crippen molar-refractivity contribution in [2.24, 2.45) is 0 Å². The number of nitrogens with zero attached hydrogens (tertiary/aromatic N) is 4. The van der Waals surface area contributed by atoms with Crippen LogP contribution in [0.2, 0.25) is 0 Å². The lowest BCUT2D eigenvalue weighted by Crippen LogP contribution is -2.07. The van der Waals surface area contributed by atoms with Crippen molar-refractivity contribution in [1.29, 1.82) is 5.26 Å². The van der Waals surface area contributed by atoms with Gasteiger partial charge in [-0.2, -0.15) is 5.26 Å². The van der Waals surface area contributed by atoms with Gasteiger partial charge in [-0.3, -0.25) is 9.59 Å². The average molecular weight is 649 g/mol. The summed E-state index contributed by atoms with van der Waals surface area (Å²) in [6.07, 6.45) is 6.90. The summed E-state index contributed by atoms with van der Waals surface area (Å²) in [6.45, 7) is 10.6. The molecule has 0 amide bonds. The Labute approximate surface area is 284 Å². The molecule has 4 aromatic carbocycles. The number of unbranched alkanes of at least 4 members (excludes halogenated alkanes) is 3. The van der Waals surface area contributed by atoms with E-state index in [1.54, 1.807) is 19.3 Å². The van der Waals surface area contributed by atoms with E-state index >= 15 is 0 Å². The molecule has 8 heteroatoms. The number of rotatable bonds is 13. The molecule has 0 aliphatic carbocycles. The SMILES string of the molecule is [C-]#[N+]/C(=C\c1ccc2c(c1)c1ccccc1n2Cn1c2ccccc2c2cc(/C=C(\C#N)C(C)=O)ccc21)C(=O)OCCCCCCOC. The number of carbonyl (C=O) groups is 2. The number of hydrogen-bond acceptors (Lipinski definition) is 5. The number of para-hydroxylation sites is 2. The van der Waals surface area contributed by atoms with E-state index in [-0.39, 0.29) is 23.7 Å². The highest BCUT2D eigenvalue weighted by atomic mass is 16.5. The second-order valence-corrected chi connectivity index (χ2v) is 12.0. The highest BCUT2D eigenvalue weighted by Crippen LogP contribution is 2.34. The predicted octanol–water partition coefficient (Wildman–Crippen LogP) is 8.91. The zero-order valence-corrected chi connectivity index (χ0v) is 27.6. The van der Waals surface area contributed by atoms with Crippen molar-refractivity contribution in [3.63, 3.8) is 0 Å². The van der Waals surface area contributed by atoms with Gasteiger partial charge < -0.3 is 18.6 Å². The number of Topliss-reactive ketones (excluding diaryl/α,β-unsaturated/α-hetero) is 1. The first kappa shape index (κ1) is 33.0.